The van der Waals surface area contributed by atoms with Gasteiger partial charge in [-0.2, -0.15) is 5.06 Å². The van der Waals surface area contributed by atoms with Crippen molar-refractivity contribution in [1.29, 1.82) is 0 Å². The van der Waals surface area contributed by atoms with Gasteiger partial charge in [-0.05, 0) is 0 Å². The van der Waals surface area contributed by atoms with E-state index in [9.17, 15) is 9.59 Å². The van der Waals surface area contributed by atoms with Crippen molar-refractivity contribution in [1.82, 2.24) is 5.06 Å². The van der Waals surface area contributed by atoms with Crippen molar-refractivity contribution in [2.75, 3.05) is 27.3 Å². The molecule has 5 nitrogen and oxygen atoms in total. The summed E-state index contributed by atoms with van der Waals surface area (Å²) < 4.78 is 4.51. The lowest BCUT2D eigenvalue weighted by atomic mass is 9.98. The van der Waals surface area contributed by atoms with Crippen molar-refractivity contribution in [3.63, 3.8) is 0 Å². The van der Waals surface area contributed by atoms with Gasteiger partial charge in [-0.15, -0.1) is 0 Å². The van der Waals surface area contributed by atoms with Crippen LogP contribution in [0.5, 0.6) is 0 Å². The predicted molar refractivity (Wildman–Crippen MR) is 43.7 cm³/mol. The normalized spacial score (nSPS) is 24.5. The summed E-state index contributed by atoms with van der Waals surface area (Å²) in [5.41, 5.74) is 0. The van der Waals surface area contributed by atoms with Gasteiger partial charge in [0.2, 0.25) is 0 Å². The molecule has 1 aliphatic heterocycles. The van der Waals surface area contributed by atoms with Gasteiger partial charge in [0.15, 0.2) is 0 Å². The van der Waals surface area contributed by atoms with Gasteiger partial charge in [0.05, 0.1) is 14.2 Å². The molecule has 1 heterocycles. The molecule has 0 aromatic rings. The summed E-state index contributed by atoms with van der Waals surface area (Å²) in [6.45, 7) is 0.838. The van der Waals surface area contributed by atoms with Crippen molar-refractivity contribution in [2.45, 2.75) is 6.42 Å². The quantitative estimate of drug-likeness (QED) is 0.435. The number of carbonyl (C=O) groups is 2. The van der Waals surface area contributed by atoms with Crippen LogP contribution in [0.4, 0.5) is 0 Å². The topological polar surface area (TPSA) is 55.8 Å². The minimum atomic E-state index is -0.682. The fourth-order valence-corrected chi connectivity index (χ4v) is 1.32. The minimum absolute atomic E-state index is 0.0693. The summed E-state index contributed by atoms with van der Waals surface area (Å²) in [6.07, 6.45) is 0.341. The summed E-state index contributed by atoms with van der Waals surface area (Å²) in [5.74, 6) is -1.23. The molecule has 0 unspecified atom stereocenters. The molecule has 1 atom stereocenters. The maximum Gasteiger partial charge on any atom is 0.317 e. The summed E-state index contributed by atoms with van der Waals surface area (Å²) in [4.78, 5) is 27.3. The van der Waals surface area contributed by atoms with Gasteiger partial charge in [0.25, 0.3) is 0 Å². The number of methoxy groups -OCH3 is 1. The van der Waals surface area contributed by atoms with Crippen molar-refractivity contribution in [3.05, 3.63) is 0 Å². The second kappa shape index (κ2) is 4.34. The zero-order valence-electron chi connectivity index (χ0n) is 7.78. The van der Waals surface area contributed by atoms with E-state index in [0.717, 1.165) is 0 Å². The predicted octanol–water partition coefficient (Wildman–Crippen LogP) is -0.388. The molecule has 74 valence electrons. The number of nitrogens with zero attached hydrogens (tertiary/aromatic N) is 1. The fraction of sp³-hybridized carbons (Fsp3) is 0.750. The number of carbonyl (C=O) groups excluding carboxylic acids is 2. The number of piperidine rings is 1. The molecule has 1 rings (SSSR count). The van der Waals surface area contributed by atoms with Gasteiger partial charge in [0.1, 0.15) is 11.7 Å². The molecular formula is C8H13NO4. The average molecular weight is 187 g/mol. The summed E-state index contributed by atoms with van der Waals surface area (Å²) in [6, 6.07) is 0. The number of hydroxylamine groups is 2. The Morgan fingerprint density at radius 3 is 2.77 bits per heavy atom. The van der Waals surface area contributed by atoms with E-state index in [1.165, 1.54) is 14.2 Å². The SMILES string of the molecule is COC(=O)[C@@H]1CN(OC)CCC1=O. The van der Waals surface area contributed by atoms with E-state index in [0.29, 0.717) is 19.5 Å². The molecule has 0 N–H and O–H groups in total. The second-order valence-corrected chi connectivity index (χ2v) is 2.86. The third kappa shape index (κ3) is 2.26. The van der Waals surface area contributed by atoms with E-state index in [2.05, 4.69) is 4.74 Å². The smallest absolute Gasteiger partial charge is 0.317 e. The minimum Gasteiger partial charge on any atom is -0.468 e. The second-order valence-electron chi connectivity index (χ2n) is 2.86. The van der Waals surface area contributed by atoms with Crippen LogP contribution in [0, 0.1) is 5.92 Å². The van der Waals surface area contributed by atoms with Gasteiger partial charge in [0, 0.05) is 19.5 Å². The molecule has 0 spiro atoms. The van der Waals surface area contributed by atoms with Crippen LogP contribution < -0.4 is 0 Å². The monoisotopic (exact) mass is 187 g/mol. The standard InChI is InChI=1S/C8H13NO4/c1-12-8(11)6-5-9(13-2)4-3-7(6)10/h6H,3-5H2,1-2H3/t6-/m1/s1. The Labute approximate surface area is 76.6 Å². The highest BCUT2D eigenvalue weighted by Gasteiger charge is 2.33. The Morgan fingerprint density at radius 1 is 1.54 bits per heavy atom. The van der Waals surface area contributed by atoms with Crippen LogP contribution in [0.3, 0.4) is 0 Å². The van der Waals surface area contributed by atoms with Gasteiger partial charge in [-0.25, -0.2) is 0 Å². The molecule has 1 saturated heterocycles. The highest BCUT2D eigenvalue weighted by atomic mass is 16.7. The lowest BCUT2D eigenvalue weighted by Crippen LogP contribution is -2.44. The van der Waals surface area contributed by atoms with Crippen LogP contribution in [0.25, 0.3) is 0 Å². The molecule has 0 aromatic carbocycles. The van der Waals surface area contributed by atoms with E-state index in [-0.39, 0.29) is 5.78 Å². The Balaban J connectivity index is 2.59. The van der Waals surface area contributed by atoms with Crippen molar-refractivity contribution < 1.29 is 19.2 Å². The lowest BCUT2D eigenvalue weighted by molar-refractivity contribution is -0.175. The molecule has 5 heteroatoms. The highest BCUT2D eigenvalue weighted by Crippen LogP contribution is 2.13. The fourth-order valence-electron chi connectivity index (χ4n) is 1.32. The Bertz CT molecular complexity index is 208. The van der Waals surface area contributed by atoms with Gasteiger partial charge < -0.3 is 9.57 Å². The van der Waals surface area contributed by atoms with Crippen LogP contribution in [0.15, 0.2) is 0 Å². The number of ketones is 1. The Morgan fingerprint density at radius 2 is 2.23 bits per heavy atom. The van der Waals surface area contributed by atoms with Crippen molar-refractivity contribution in [3.8, 4) is 0 Å². The first-order valence-corrected chi connectivity index (χ1v) is 4.08. The van der Waals surface area contributed by atoms with E-state index >= 15 is 0 Å². The van der Waals surface area contributed by atoms with E-state index < -0.39 is 11.9 Å². The molecule has 0 saturated carbocycles. The first-order chi connectivity index (χ1) is 6.19. The highest BCUT2D eigenvalue weighted by molar-refractivity contribution is 5.99. The van der Waals surface area contributed by atoms with Crippen LogP contribution >= 0.6 is 0 Å². The first kappa shape index (κ1) is 10.1. The number of ether oxygens (including phenoxy) is 1. The zero-order chi connectivity index (χ0) is 9.84. The lowest BCUT2D eigenvalue weighted by Gasteiger charge is -2.27. The number of esters is 1. The van der Waals surface area contributed by atoms with E-state index in [4.69, 9.17) is 4.84 Å². The van der Waals surface area contributed by atoms with E-state index in [1.54, 1.807) is 5.06 Å². The zero-order valence-corrected chi connectivity index (χ0v) is 7.78. The molecule has 1 aliphatic rings. The third-order valence-corrected chi connectivity index (χ3v) is 2.13. The summed E-state index contributed by atoms with van der Waals surface area (Å²) >= 11 is 0. The molecule has 13 heavy (non-hydrogen) atoms. The molecule has 0 amide bonds. The van der Waals surface area contributed by atoms with Crippen LogP contribution in [-0.2, 0) is 19.2 Å². The Kier molecular flexibility index (Phi) is 3.39. The van der Waals surface area contributed by atoms with Crippen LogP contribution in [0.1, 0.15) is 6.42 Å². The molecule has 0 aromatic heterocycles. The van der Waals surface area contributed by atoms with Gasteiger partial charge >= 0.3 is 5.97 Å². The average Bonchev–Trinajstić information content (AvgIpc) is 2.17. The number of hydrogen-bond donors (Lipinski definition) is 0. The number of hydrogen-bond acceptors (Lipinski definition) is 5. The molecular weight excluding hydrogens is 174 g/mol. The van der Waals surface area contributed by atoms with Crippen LogP contribution in [0.2, 0.25) is 0 Å². The van der Waals surface area contributed by atoms with Gasteiger partial charge in [-0.1, -0.05) is 0 Å². The molecule has 1 fully saturated rings. The largest absolute Gasteiger partial charge is 0.468 e. The number of rotatable bonds is 2. The summed E-state index contributed by atoms with van der Waals surface area (Å²) in [5, 5.41) is 1.59. The molecule has 0 radical (unpaired) electrons. The van der Waals surface area contributed by atoms with Crippen molar-refractivity contribution >= 4 is 11.8 Å². The third-order valence-electron chi connectivity index (χ3n) is 2.13. The maximum absolute atomic E-state index is 11.3. The number of Topliss-reactive ketones (excluding diaryl/α,β-unsaturated/α-hetero) is 1. The van der Waals surface area contributed by atoms with Gasteiger partial charge in [-0.3, -0.25) is 9.59 Å². The van der Waals surface area contributed by atoms with Crippen LogP contribution in [-0.4, -0.2) is 44.1 Å². The molecule has 0 aliphatic carbocycles. The van der Waals surface area contributed by atoms with Crippen molar-refractivity contribution in [2.24, 2.45) is 5.92 Å². The maximum atomic E-state index is 11.3. The first-order valence-electron chi connectivity index (χ1n) is 4.08. The summed E-state index contributed by atoms with van der Waals surface area (Å²) in [7, 11) is 2.80. The van der Waals surface area contributed by atoms with E-state index in [1.807, 2.05) is 0 Å². The molecule has 0 bridgehead atoms. The Hall–Kier alpha value is -0.940.